The van der Waals surface area contributed by atoms with Crippen molar-refractivity contribution in [1.29, 1.82) is 0 Å². The SMILES string of the molecule is CC(C)c1ccc(-c2nc3cc(NC(=O)c4ccc(-c5ccc(Br)cc5)o4)ccc3o2)cc1. The van der Waals surface area contributed by atoms with Gasteiger partial charge in [0.2, 0.25) is 5.89 Å². The first-order valence-electron chi connectivity index (χ1n) is 10.6. The van der Waals surface area contributed by atoms with Crippen molar-refractivity contribution in [2.75, 3.05) is 5.32 Å². The Hall–Kier alpha value is -3.64. The van der Waals surface area contributed by atoms with E-state index >= 15 is 0 Å². The predicted octanol–water partition coefficient (Wildman–Crippen LogP) is 7.89. The minimum absolute atomic E-state index is 0.235. The maximum atomic E-state index is 12.7. The van der Waals surface area contributed by atoms with Gasteiger partial charge in [-0.3, -0.25) is 4.79 Å². The summed E-state index contributed by atoms with van der Waals surface area (Å²) >= 11 is 3.42. The number of anilines is 1. The highest BCUT2D eigenvalue weighted by Gasteiger charge is 2.14. The van der Waals surface area contributed by atoms with E-state index in [2.05, 4.69) is 52.2 Å². The fraction of sp³-hybridized carbons (Fsp3) is 0.111. The lowest BCUT2D eigenvalue weighted by Crippen LogP contribution is -2.10. The number of furan rings is 1. The van der Waals surface area contributed by atoms with Crippen LogP contribution in [0, 0.1) is 0 Å². The molecule has 2 heterocycles. The van der Waals surface area contributed by atoms with Gasteiger partial charge in [-0.15, -0.1) is 0 Å². The summed E-state index contributed by atoms with van der Waals surface area (Å²) in [5.74, 6) is 1.56. The van der Waals surface area contributed by atoms with Gasteiger partial charge in [-0.1, -0.05) is 54.0 Å². The molecule has 0 saturated carbocycles. The van der Waals surface area contributed by atoms with Crippen molar-refractivity contribution < 1.29 is 13.6 Å². The molecular formula is C27H21BrN2O3. The van der Waals surface area contributed by atoms with E-state index in [4.69, 9.17) is 8.83 Å². The highest BCUT2D eigenvalue weighted by molar-refractivity contribution is 9.10. The fourth-order valence-corrected chi connectivity index (χ4v) is 3.83. The van der Waals surface area contributed by atoms with Crippen LogP contribution in [0.5, 0.6) is 0 Å². The summed E-state index contributed by atoms with van der Waals surface area (Å²) < 4.78 is 12.7. The largest absolute Gasteiger partial charge is 0.451 e. The number of aromatic nitrogens is 1. The monoisotopic (exact) mass is 500 g/mol. The molecule has 33 heavy (non-hydrogen) atoms. The summed E-state index contributed by atoms with van der Waals surface area (Å²) in [5, 5.41) is 2.87. The molecule has 0 aliphatic carbocycles. The van der Waals surface area contributed by atoms with Crippen molar-refractivity contribution in [2.24, 2.45) is 0 Å². The third-order valence-electron chi connectivity index (χ3n) is 5.43. The number of nitrogens with zero attached hydrogens (tertiary/aromatic N) is 1. The quantitative estimate of drug-likeness (QED) is 0.266. The Bertz CT molecular complexity index is 1430. The van der Waals surface area contributed by atoms with Crippen molar-refractivity contribution in [2.45, 2.75) is 19.8 Å². The third kappa shape index (κ3) is 4.47. The number of hydrogen-bond acceptors (Lipinski definition) is 4. The zero-order valence-electron chi connectivity index (χ0n) is 18.1. The Kier molecular flexibility index (Phi) is 5.60. The number of benzene rings is 3. The molecule has 0 aliphatic rings. The third-order valence-corrected chi connectivity index (χ3v) is 5.96. The van der Waals surface area contributed by atoms with Crippen LogP contribution >= 0.6 is 15.9 Å². The highest BCUT2D eigenvalue weighted by Crippen LogP contribution is 2.28. The lowest BCUT2D eigenvalue weighted by atomic mass is 10.0. The lowest BCUT2D eigenvalue weighted by Gasteiger charge is -2.04. The Balaban J connectivity index is 1.34. The first kappa shape index (κ1) is 21.2. The molecule has 1 amide bonds. The molecule has 3 aromatic carbocycles. The van der Waals surface area contributed by atoms with E-state index in [0.717, 1.165) is 15.6 Å². The van der Waals surface area contributed by atoms with Gasteiger partial charge >= 0.3 is 0 Å². The van der Waals surface area contributed by atoms with Gasteiger partial charge in [0.15, 0.2) is 11.3 Å². The minimum Gasteiger partial charge on any atom is -0.451 e. The molecule has 0 radical (unpaired) electrons. The number of oxazole rings is 1. The van der Waals surface area contributed by atoms with E-state index in [1.807, 2.05) is 36.4 Å². The zero-order valence-corrected chi connectivity index (χ0v) is 19.7. The van der Waals surface area contributed by atoms with E-state index in [-0.39, 0.29) is 11.7 Å². The number of nitrogens with one attached hydrogen (secondary N) is 1. The number of rotatable bonds is 5. The van der Waals surface area contributed by atoms with Gasteiger partial charge in [0.05, 0.1) is 0 Å². The van der Waals surface area contributed by atoms with Crippen LogP contribution in [0.1, 0.15) is 35.9 Å². The molecule has 164 valence electrons. The number of carbonyl (C=O) groups excluding carboxylic acids is 1. The molecule has 5 aromatic rings. The first-order valence-corrected chi connectivity index (χ1v) is 11.4. The van der Waals surface area contributed by atoms with E-state index < -0.39 is 0 Å². The maximum absolute atomic E-state index is 12.7. The Morgan fingerprint density at radius 3 is 2.33 bits per heavy atom. The van der Waals surface area contributed by atoms with Gasteiger partial charge < -0.3 is 14.2 Å². The van der Waals surface area contributed by atoms with Crippen molar-refractivity contribution >= 4 is 38.6 Å². The number of hydrogen-bond donors (Lipinski definition) is 1. The molecule has 0 unspecified atom stereocenters. The van der Waals surface area contributed by atoms with Crippen molar-refractivity contribution in [3.8, 4) is 22.8 Å². The van der Waals surface area contributed by atoms with Crippen LogP contribution in [0.25, 0.3) is 33.9 Å². The molecule has 0 saturated heterocycles. The fourth-order valence-electron chi connectivity index (χ4n) is 3.56. The van der Waals surface area contributed by atoms with Gasteiger partial charge in [0.25, 0.3) is 5.91 Å². The molecule has 0 spiro atoms. The van der Waals surface area contributed by atoms with E-state index in [9.17, 15) is 4.79 Å². The molecule has 0 aliphatic heterocycles. The Morgan fingerprint density at radius 1 is 0.879 bits per heavy atom. The number of halogens is 1. The van der Waals surface area contributed by atoms with Gasteiger partial charge in [-0.05, 0) is 66.1 Å². The summed E-state index contributed by atoms with van der Waals surface area (Å²) in [5.41, 5.74) is 5.02. The number of carbonyl (C=O) groups is 1. The highest BCUT2D eigenvalue weighted by atomic mass is 79.9. The minimum atomic E-state index is -0.328. The first-order chi connectivity index (χ1) is 16.0. The Morgan fingerprint density at radius 2 is 1.61 bits per heavy atom. The average Bonchev–Trinajstić information content (AvgIpc) is 3.47. The van der Waals surface area contributed by atoms with E-state index in [1.165, 1.54) is 5.56 Å². The van der Waals surface area contributed by atoms with Crippen LogP contribution in [0.3, 0.4) is 0 Å². The summed E-state index contributed by atoms with van der Waals surface area (Å²) in [6.45, 7) is 4.32. The molecule has 0 bridgehead atoms. The standard InChI is InChI=1S/C27H21BrN2O3/c1-16(2)17-3-5-19(6-4-17)27-30-22-15-21(11-12-24(22)33-27)29-26(31)25-14-13-23(32-25)18-7-9-20(28)10-8-18/h3-16H,1-2H3,(H,29,31). The summed E-state index contributed by atoms with van der Waals surface area (Å²) in [7, 11) is 0. The predicted molar refractivity (Wildman–Crippen MR) is 133 cm³/mol. The molecular weight excluding hydrogens is 480 g/mol. The second-order valence-electron chi connectivity index (χ2n) is 8.10. The van der Waals surface area contributed by atoms with Crippen LogP contribution < -0.4 is 5.32 Å². The van der Waals surface area contributed by atoms with Crippen molar-refractivity contribution in [3.63, 3.8) is 0 Å². The van der Waals surface area contributed by atoms with Crippen LogP contribution in [0.4, 0.5) is 5.69 Å². The molecule has 6 heteroatoms. The molecule has 0 atom stereocenters. The van der Waals surface area contributed by atoms with Crippen LogP contribution in [-0.4, -0.2) is 10.9 Å². The zero-order chi connectivity index (χ0) is 22.9. The van der Waals surface area contributed by atoms with E-state index in [0.29, 0.717) is 34.4 Å². The topological polar surface area (TPSA) is 68.3 Å². The van der Waals surface area contributed by atoms with E-state index in [1.54, 1.807) is 30.3 Å². The van der Waals surface area contributed by atoms with Crippen LogP contribution in [0.2, 0.25) is 0 Å². The van der Waals surface area contributed by atoms with Gasteiger partial charge in [0, 0.05) is 21.3 Å². The second kappa shape index (κ2) is 8.71. The maximum Gasteiger partial charge on any atom is 0.291 e. The van der Waals surface area contributed by atoms with Gasteiger partial charge in [-0.2, -0.15) is 0 Å². The summed E-state index contributed by atoms with van der Waals surface area (Å²) in [6.07, 6.45) is 0. The van der Waals surface area contributed by atoms with Crippen molar-refractivity contribution in [3.05, 3.63) is 94.7 Å². The smallest absolute Gasteiger partial charge is 0.291 e. The molecule has 2 aromatic heterocycles. The van der Waals surface area contributed by atoms with Crippen LogP contribution in [0.15, 0.2) is 92.2 Å². The molecule has 5 rings (SSSR count). The summed E-state index contributed by atoms with van der Waals surface area (Å²) in [6, 6.07) is 24.8. The van der Waals surface area contributed by atoms with Crippen molar-refractivity contribution in [1.82, 2.24) is 4.98 Å². The second-order valence-corrected chi connectivity index (χ2v) is 9.02. The molecule has 5 nitrogen and oxygen atoms in total. The average molecular weight is 501 g/mol. The van der Waals surface area contributed by atoms with Gasteiger partial charge in [0.1, 0.15) is 11.3 Å². The number of fused-ring (bicyclic) bond motifs is 1. The summed E-state index contributed by atoms with van der Waals surface area (Å²) in [4.78, 5) is 17.3. The molecule has 0 fully saturated rings. The van der Waals surface area contributed by atoms with Gasteiger partial charge in [-0.25, -0.2) is 4.98 Å². The normalized spacial score (nSPS) is 11.3. The number of amides is 1. The lowest BCUT2D eigenvalue weighted by molar-refractivity contribution is 0.0997. The van der Waals surface area contributed by atoms with Crippen LogP contribution in [-0.2, 0) is 0 Å². The molecule has 1 N–H and O–H groups in total. The Labute approximate surface area is 199 Å².